The zero-order valence-corrected chi connectivity index (χ0v) is 14.6. The van der Waals surface area contributed by atoms with E-state index >= 15 is 0 Å². The van der Waals surface area contributed by atoms with Crippen molar-refractivity contribution in [3.8, 4) is 5.75 Å². The SMILES string of the molecule is NCc1ccc2c(c1)C1(CCN(C(=O)/C=C/C3=COC=C=C3)CC1)CO2. The number of amides is 1. The third-order valence-electron chi connectivity index (χ3n) is 5.40. The smallest absolute Gasteiger partial charge is 0.246 e. The lowest BCUT2D eigenvalue weighted by Gasteiger charge is -2.38. The van der Waals surface area contributed by atoms with Gasteiger partial charge in [-0.25, -0.2) is 0 Å². The van der Waals surface area contributed by atoms with Gasteiger partial charge >= 0.3 is 0 Å². The van der Waals surface area contributed by atoms with Gasteiger partial charge in [0.05, 0.1) is 12.9 Å². The quantitative estimate of drug-likeness (QED) is 0.672. The Morgan fingerprint density at radius 3 is 2.92 bits per heavy atom. The van der Waals surface area contributed by atoms with Crippen molar-refractivity contribution in [3.63, 3.8) is 0 Å². The summed E-state index contributed by atoms with van der Waals surface area (Å²) >= 11 is 0. The van der Waals surface area contributed by atoms with Crippen LogP contribution in [0.3, 0.4) is 0 Å². The molecule has 1 amide bonds. The van der Waals surface area contributed by atoms with Crippen molar-refractivity contribution >= 4 is 5.91 Å². The van der Waals surface area contributed by atoms with E-state index in [4.69, 9.17) is 15.2 Å². The Morgan fingerprint density at radius 2 is 2.19 bits per heavy atom. The van der Waals surface area contributed by atoms with Crippen LogP contribution in [0, 0.1) is 0 Å². The Hall–Kier alpha value is -2.75. The highest BCUT2D eigenvalue weighted by Gasteiger charge is 2.43. The normalized spacial score (nSPS) is 20.0. The lowest BCUT2D eigenvalue weighted by molar-refractivity contribution is -0.127. The fourth-order valence-electron chi connectivity index (χ4n) is 3.78. The maximum absolute atomic E-state index is 12.5. The first-order valence-corrected chi connectivity index (χ1v) is 8.90. The average molecular weight is 350 g/mol. The van der Waals surface area contributed by atoms with E-state index in [1.807, 2.05) is 17.0 Å². The monoisotopic (exact) mass is 350 g/mol. The number of hydrogen-bond donors (Lipinski definition) is 1. The topological polar surface area (TPSA) is 64.8 Å². The van der Waals surface area contributed by atoms with E-state index in [1.54, 1.807) is 24.5 Å². The molecule has 0 atom stereocenters. The fraction of sp³-hybridized carbons (Fsp3) is 0.333. The summed E-state index contributed by atoms with van der Waals surface area (Å²) in [6.45, 7) is 2.67. The molecular formula is C21H22N2O3. The molecule has 2 N–H and O–H groups in total. The molecule has 0 unspecified atom stereocenters. The van der Waals surface area contributed by atoms with Gasteiger partial charge in [-0.1, -0.05) is 17.9 Å². The zero-order chi connectivity index (χ0) is 18.0. The third-order valence-corrected chi connectivity index (χ3v) is 5.40. The van der Waals surface area contributed by atoms with Crippen molar-refractivity contribution in [1.82, 2.24) is 4.90 Å². The number of benzene rings is 1. The molecular weight excluding hydrogens is 328 g/mol. The molecule has 0 saturated carbocycles. The van der Waals surface area contributed by atoms with E-state index in [1.165, 1.54) is 11.8 Å². The van der Waals surface area contributed by atoms with Gasteiger partial charge in [-0.05, 0) is 36.6 Å². The molecule has 5 nitrogen and oxygen atoms in total. The molecule has 0 aliphatic carbocycles. The van der Waals surface area contributed by atoms with Crippen LogP contribution in [0.2, 0.25) is 0 Å². The summed E-state index contributed by atoms with van der Waals surface area (Å²) in [6.07, 6.45) is 10.0. The molecule has 1 aromatic carbocycles. The summed E-state index contributed by atoms with van der Waals surface area (Å²) < 4.78 is 11.0. The Bertz CT molecular complexity index is 839. The molecule has 0 radical (unpaired) electrons. The molecule has 134 valence electrons. The lowest BCUT2D eigenvalue weighted by atomic mass is 9.74. The number of ether oxygens (including phenoxy) is 2. The molecule has 1 spiro atoms. The van der Waals surface area contributed by atoms with E-state index in [-0.39, 0.29) is 11.3 Å². The first-order valence-electron chi connectivity index (χ1n) is 8.90. The van der Waals surface area contributed by atoms with Gasteiger partial charge in [0, 0.05) is 42.3 Å². The highest BCUT2D eigenvalue weighted by atomic mass is 16.5. The zero-order valence-electron chi connectivity index (χ0n) is 14.6. The summed E-state index contributed by atoms with van der Waals surface area (Å²) in [7, 11) is 0. The fourth-order valence-corrected chi connectivity index (χ4v) is 3.78. The molecule has 3 heterocycles. The van der Waals surface area contributed by atoms with Gasteiger partial charge < -0.3 is 20.1 Å². The molecule has 1 saturated heterocycles. The Labute approximate surface area is 153 Å². The van der Waals surface area contributed by atoms with Gasteiger partial charge in [-0.15, -0.1) is 0 Å². The van der Waals surface area contributed by atoms with Crippen molar-refractivity contribution in [2.45, 2.75) is 24.8 Å². The Kier molecular flexibility index (Phi) is 4.41. The first kappa shape index (κ1) is 16.7. The van der Waals surface area contributed by atoms with E-state index in [9.17, 15) is 4.79 Å². The minimum absolute atomic E-state index is 0.00821. The molecule has 1 fully saturated rings. The molecule has 5 heteroatoms. The first-order chi connectivity index (χ1) is 12.7. The standard InChI is InChI=1S/C21H22N2O3/c22-13-17-3-5-19-18(12-17)21(15-26-19)7-9-23(10-8-21)20(24)6-4-16-2-1-11-25-14-16/h2-6,11-12,14H,7-10,13,15,22H2/b6-4+. The van der Waals surface area contributed by atoms with Crippen LogP contribution in [0.25, 0.3) is 0 Å². The Morgan fingerprint density at radius 1 is 1.35 bits per heavy atom. The van der Waals surface area contributed by atoms with Crippen LogP contribution < -0.4 is 10.5 Å². The molecule has 1 aromatic rings. The third kappa shape index (κ3) is 3.07. The number of hydrogen-bond acceptors (Lipinski definition) is 4. The summed E-state index contributed by atoms with van der Waals surface area (Å²) in [5, 5.41) is 0. The minimum Gasteiger partial charge on any atom is -0.492 e. The predicted octanol–water partition coefficient (Wildman–Crippen LogP) is 2.54. The molecule has 3 aliphatic rings. The number of carbonyl (C=O) groups excluding carboxylic acids is 1. The van der Waals surface area contributed by atoms with Gasteiger partial charge in [0.15, 0.2) is 0 Å². The molecule has 0 bridgehead atoms. The molecule has 0 aromatic heterocycles. The number of carbonyl (C=O) groups is 1. The number of allylic oxidation sites excluding steroid dienone is 3. The highest BCUT2D eigenvalue weighted by molar-refractivity contribution is 5.88. The minimum atomic E-state index is 0.00821. The highest BCUT2D eigenvalue weighted by Crippen LogP contribution is 2.45. The summed E-state index contributed by atoms with van der Waals surface area (Å²) in [5.74, 6) is 0.990. The second-order valence-corrected chi connectivity index (χ2v) is 6.95. The van der Waals surface area contributed by atoms with Crippen molar-refractivity contribution in [1.29, 1.82) is 0 Å². The number of nitrogens with zero attached hydrogens (tertiary/aromatic N) is 1. The van der Waals surface area contributed by atoms with E-state index in [0.717, 1.165) is 42.8 Å². The van der Waals surface area contributed by atoms with Crippen LogP contribution in [-0.4, -0.2) is 30.5 Å². The maximum Gasteiger partial charge on any atom is 0.246 e. The number of rotatable bonds is 3. The van der Waals surface area contributed by atoms with Crippen molar-refractivity contribution in [2.24, 2.45) is 5.73 Å². The van der Waals surface area contributed by atoms with Crippen LogP contribution in [0.1, 0.15) is 24.0 Å². The van der Waals surface area contributed by atoms with E-state index in [2.05, 4.69) is 11.8 Å². The average Bonchev–Trinajstić information content (AvgIpc) is 3.05. The number of fused-ring (bicyclic) bond motifs is 2. The summed E-state index contributed by atoms with van der Waals surface area (Å²) in [4.78, 5) is 14.4. The van der Waals surface area contributed by atoms with Gasteiger partial charge in [0.2, 0.25) is 5.91 Å². The lowest BCUT2D eigenvalue weighted by Crippen LogP contribution is -2.45. The van der Waals surface area contributed by atoms with Crippen LogP contribution in [0.4, 0.5) is 0 Å². The number of likely N-dealkylation sites (tertiary alicyclic amines) is 1. The van der Waals surface area contributed by atoms with Crippen molar-refractivity contribution < 1.29 is 14.3 Å². The van der Waals surface area contributed by atoms with Crippen molar-refractivity contribution in [3.05, 3.63) is 71.4 Å². The van der Waals surface area contributed by atoms with Gasteiger partial charge in [-0.3, -0.25) is 4.79 Å². The number of nitrogens with two attached hydrogens (primary N) is 1. The van der Waals surface area contributed by atoms with Crippen LogP contribution in [0.5, 0.6) is 5.75 Å². The Balaban J connectivity index is 1.43. The summed E-state index contributed by atoms with van der Waals surface area (Å²) in [5.41, 5.74) is 11.9. The van der Waals surface area contributed by atoms with Gasteiger partial charge in [0.1, 0.15) is 12.0 Å². The summed E-state index contributed by atoms with van der Waals surface area (Å²) in [6, 6.07) is 6.22. The largest absolute Gasteiger partial charge is 0.492 e. The molecule has 4 rings (SSSR count). The van der Waals surface area contributed by atoms with Gasteiger partial charge in [0.25, 0.3) is 0 Å². The van der Waals surface area contributed by atoms with E-state index < -0.39 is 0 Å². The maximum atomic E-state index is 12.5. The molecule has 3 aliphatic heterocycles. The second kappa shape index (κ2) is 6.87. The van der Waals surface area contributed by atoms with Crippen LogP contribution >= 0.6 is 0 Å². The van der Waals surface area contributed by atoms with Crippen LogP contribution in [-0.2, 0) is 21.5 Å². The van der Waals surface area contributed by atoms with Crippen LogP contribution in [0.15, 0.2) is 60.3 Å². The van der Waals surface area contributed by atoms with Crippen molar-refractivity contribution in [2.75, 3.05) is 19.7 Å². The molecule has 26 heavy (non-hydrogen) atoms. The predicted molar refractivity (Wildman–Crippen MR) is 98.3 cm³/mol. The van der Waals surface area contributed by atoms with E-state index in [0.29, 0.717) is 13.2 Å². The second-order valence-electron chi connectivity index (χ2n) is 6.95. The number of piperidine rings is 1. The van der Waals surface area contributed by atoms with Gasteiger partial charge in [-0.2, -0.15) is 0 Å².